The molecule has 0 amide bonds. The van der Waals surface area contributed by atoms with E-state index in [1.807, 2.05) is 13.1 Å². The summed E-state index contributed by atoms with van der Waals surface area (Å²) in [6.07, 6.45) is 5.37. The molecule has 0 radical (unpaired) electrons. The Morgan fingerprint density at radius 1 is 1.39 bits per heavy atom. The highest BCUT2D eigenvalue weighted by atomic mass is 127. The Morgan fingerprint density at radius 2 is 2.09 bits per heavy atom. The van der Waals surface area contributed by atoms with Crippen molar-refractivity contribution in [1.29, 1.82) is 0 Å². The van der Waals surface area contributed by atoms with E-state index in [1.165, 1.54) is 12.8 Å². The van der Waals surface area contributed by atoms with Crippen LogP contribution >= 0.6 is 24.0 Å². The lowest BCUT2D eigenvalue weighted by molar-refractivity contribution is 0.0767. The molecule has 2 N–H and O–H groups in total. The Bertz CT molecular complexity index is 557. The third-order valence-electron chi connectivity index (χ3n) is 5.42. The lowest BCUT2D eigenvalue weighted by atomic mass is 9.82. The highest BCUT2D eigenvalue weighted by Gasteiger charge is 2.53. The van der Waals surface area contributed by atoms with E-state index < -0.39 is 0 Å². The van der Waals surface area contributed by atoms with Crippen LogP contribution in [0.3, 0.4) is 0 Å². The fourth-order valence-electron chi connectivity index (χ4n) is 4.25. The van der Waals surface area contributed by atoms with Gasteiger partial charge in [-0.15, -0.1) is 24.0 Å². The normalized spacial score (nSPS) is 32.1. The molecule has 1 aromatic rings. The number of aromatic amines is 1. The SMILES string of the molecule is CCNC(=NCc1cn[nH]c1C)N1CC2C3CCC(O3)C2C1.I. The molecule has 0 spiro atoms. The monoisotopic (exact) mass is 431 g/mol. The van der Waals surface area contributed by atoms with Gasteiger partial charge in [0, 0.05) is 42.7 Å². The van der Waals surface area contributed by atoms with Gasteiger partial charge in [-0.2, -0.15) is 5.10 Å². The molecule has 3 fully saturated rings. The van der Waals surface area contributed by atoms with Crippen LogP contribution in [-0.4, -0.2) is 52.9 Å². The first-order chi connectivity index (χ1) is 10.8. The zero-order valence-electron chi connectivity index (χ0n) is 13.8. The maximum atomic E-state index is 6.06. The largest absolute Gasteiger partial charge is 0.374 e. The van der Waals surface area contributed by atoms with Crippen LogP contribution in [0.1, 0.15) is 31.0 Å². The summed E-state index contributed by atoms with van der Waals surface area (Å²) >= 11 is 0. The zero-order valence-corrected chi connectivity index (χ0v) is 16.1. The molecule has 3 aliphatic heterocycles. The van der Waals surface area contributed by atoms with Crippen LogP contribution in [0, 0.1) is 18.8 Å². The van der Waals surface area contributed by atoms with Crippen LogP contribution in [0.25, 0.3) is 0 Å². The van der Waals surface area contributed by atoms with E-state index in [4.69, 9.17) is 9.73 Å². The summed E-state index contributed by atoms with van der Waals surface area (Å²) in [5, 5.41) is 10.5. The van der Waals surface area contributed by atoms with Gasteiger partial charge in [0.2, 0.25) is 0 Å². The lowest BCUT2D eigenvalue weighted by Crippen LogP contribution is -2.41. The first-order valence-corrected chi connectivity index (χ1v) is 8.43. The van der Waals surface area contributed by atoms with Gasteiger partial charge in [0.25, 0.3) is 0 Å². The van der Waals surface area contributed by atoms with Gasteiger partial charge >= 0.3 is 0 Å². The molecule has 4 rings (SSSR count). The molecule has 0 aliphatic carbocycles. The molecule has 3 saturated heterocycles. The molecule has 4 atom stereocenters. The number of aryl methyl sites for hydroxylation is 1. The number of nitrogens with zero attached hydrogens (tertiary/aromatic N) is 3. The molecule has 7 heteroatoms. The Kier molecular flexibility index (Phi) is 5.15. The quantitative estimate of drug-likeness (QED) is 0.436. The van der Waals surface area contributed by atoms with Gasteiger partial charge in [-0.1, -0.05) is 0 Å². The van der Waals surface area contributed by atoms with Crippen LogP contribution in [0.15, 0.2) is 11.2 Å². The number of fused-ring (bicyclic) bond motifs is 5. The summed E-state index contributed by atoms with van der Waals surface area (Å²) in [4.78, 5) is 7.26. The first-order valence-electron chi connectivity index (χ1n) is 8.43. The first kappa shape index (κ1) is 17.0. The van der Waals surface area contributed by atoms with Crippen molar-refractivity contribution in [1.82, 2.24) is 20.4 Å². The van der Waals surface area contributed by atoms with Gasteiger partial charge < -0.3 is 15.0 Å². The lowest BCUT2D eigenvalue weighted by Gasteiger charge is -2.23. The highest BCUT2D eigenvalue weighted by molar-refractivity contribution is 14.0. The molecule has 1 aromatic heterocycles. The zero-order chi connectivity index (χ0) is 15.1. The van der Waals surface area contributed by atoms with E-state index in [2.05, 4.69) is 27.3 Å². The number of aromatic nitrogens is 2. The van der Waals surface area contributed by atoms with Crippen LogP contribution < -0.4 is 5.32 Å². The van der Waals surface area contributed by atoms with E-state index in [-0.39, 0.29) is 24.0 Å². The number of likely N-dealkylation sites (tertiary alicyclic amines) is 1. The summed E-state index contributed by atoms with van der Waals surface area (Å²) in [6.45, 7) is 7.92. The minimum absolute atomic E-state index is 0. The standard InChI is InChI=1S/C16H25N5O.HI/c1-3-17-16(18-6-11-7-19-20-10(11)2)21-8-12-13(9-21)15-5-4-14(12)22-15;/h7,12-15H,3-6,8-9H2,1-2H3,(H,17,18)(H,19,20);1H. The van der Waals surface area contributed by atoms with Crippen LogP contribution in [0.2, 0.25) is 0 Å². The molecular weight excluding hydrogens is 405 g/mol. The van der Waals surface area contributed by atoms with Crippen LogP contribution in [-0.2, 0) is 11.3 Å². The summed E-state index contributed by atoms with van der Waals surface area (Å²) < 4.78 is 6.06. The molecule has 3 aliphatic rings. The molecular formula is C16H26IN5O. The molecule has 2 bridgehead atoms. The molecule has 23 heavy (non-hydrogen) atoms. The minimum atomic E-state index is 0. The number of rotatable bonds is 3. The minimum Gasteiger partial charge on any atom is -0.374 e. The van der Waals surface area contributed by atoms with Gasteiger partial charge in [-0.25, -0.2) is 4.99 Å². The third kappa shape index (κ3) is 3.09. The van der Waals surface area contributed by atoms with E-state index in [0.717, 1.165) is 36.9 Å². The van der Waals surface area contributed by atoms with Crippen molar-refractivity contribution >= 4 is 29.9 Å². The third-order valence-corrected chi connectivity index (χ3v) is 5.42. The summed E-state index contributed by atoms with van der Waals surface area (Å²) in [7, 11) is 0. The van der Waals surface area contributed by atoms with Crippen LogP contribution in [0.5, 0.6) is 0 Å². The fraction of sp³-hybridized carbons (Fsp3) is 0.750. The van der Waals surface area contributed by atoms with Crippen molar-refractivity contribution in [3.05, 3.63) is 17.5 Å². The fourth-order valence-corrected chi connectivity index (χ4v) is 4.25. The predicted molar refractivity (Wildman–Crippen MR) is 100 cm³/mol. The van der Waals surface area contributed by atoms with Crippen molar-refractivity contribution in [3.8, 4) is 0 Å². The maximum Gasteiger partial charge on any atom is 0.194 e. The van der Waals surface area contributed by atoms with Crippen molar-refractivity contribution in [2.24, 2.45) is 16.8 Å². The Labute approximate surface area is 154 Å². The average molecular weight is 431 g/mol. The number of hydrogen-bond donors (Lipinski definition) is 2. The van der Waals surface area contributed by atoms with Crippen molar-refractivity contribution in [2.45, 2.75) is 45.4 Å². The van der Waals surface area contributed by atoms with Gasteiger partial charge in [0.1, 0.15) is 0 Å². The molecule has 128 valence electrons. The molecule has 6 nitrogen and oxygen atoms in total. The number of H-pyrrole nitrogens is 1. The predicted octanol–water partition coefficient (Wildman–Crippen LogP) is 1.91. The maximum absolute atomic E-state index is 6.06. The average Bonchev–Trinajstić information content (AvgIpc) is 3.25. The topological polar surface area (TPSA) is 65.5 Å². The molecule has 4 heterocycles. The number of halogens is 1. The van der Waals surface area contributed by atoms with Crippen LogP contribution in [0.4, 0.5) is 0 Å². The van der Waals surface area contributed by atoms with Crippen molar-refractivity contribution in [2.75, 3.05) is 19.6 Å². The molecule has 0 aromatic carbocycles. The van der Waals surface area contributed by atoms with Crippen molar-refractivity contribution in [3.63, 3.8) is 0 Å². The second-order valence-electron chi connectivity index (χ2n) is 6.71. The Hall–Kier alpha value is -0.830. The Balaban J connectivity index is 0.00000156. The second kappa shape index (κ2) is 6.96. The molecule has 4 unspecified atom stereocenters. The smallest absolute Gasteiger partial charge is 0.194 e. The van der Waals surface area contributed by atoms with Crippen molar-refractivity contribution < 1.29 is 4.74 Å². The van der Waals surface area contributed by atoms with Gasteiger partial charge in [-0.05, 0) is 26.7 Å². The number of aliphatic imine (C=N–C) groups is 1. The van der Waals surface area contributed by atoms with E-state index in [1.54, 1.807) is 0 Å². The highest BCUT2D eigenvalue weighted by Crippen LogP contribution is 2.47. The van der Waals surface area contributed by atoms with E-state index in [0.29, 0.717) is 30.6 Å². The summed E-state index contributed by atoms with van der Waals surface area (Å²) in [5.41, 5.74) is 2.27. The summed E-state index contributed by atoms with van der Waals surface area (Å²) in [5.74, 6) is 2.45. The van der Waals surface area contributed by atoms with E-state index >= 15 is 0 Å². The van der Waals surface area contributed by atoms with Gasteiger partial charge in [-0.3, -0.25) is 5.10 Å². The number of hydrogen-bond acceptors (Lipinski definition) is 3. The number of ether oxygens (including phenoxy) is 1. The second-order valence-corrected chi connectivity index (χ2v) is 6.71. The molecule has 0 saturated carbocycles. The number of nitrogens with one attached hydrogen (secondary N) is 2. The Morgan fingerprint density at radius 3 is 2.65 bits per heavy atom. The van der Waals surface area contributed by atoms with Gasteiger partial charge in [0.15, 0.2) is 5.96 Å². The van der Waals surface area contributed by atoms with Gasteiger partial charge in [0.05, 0.1) is 24.9 Å². The number of guanidine groups is 1. The van der Waals surface area contributed by atoms with E-state index in [9.17, 15) is 0 Å². The summed E-state index contributed by atoms with van der Waals surface area (Å²) in [6, 6.07) is 0.